The molecule has 0 fully saturated rings. The van der Waals surface area contributed by atoms with Crippen molar-refractivity contribution in [1.82, 2.24) is 5.32 Å². The van der Waals surface area contributed by atoms with E-state index >= 15 is 0 Å². The number of aliphatic hydroxyl groups is 1. The summed E-state index contributed by atoms with van der Waals surface area (Å²) < 4.78 is 30.1. The van der Waals surface area contributed by atoms with Crippen LogP contribution in [0, 0.1) is 0 Å². The fourth-order valence-electron chi connectivity index (χ4n) is 0.688. The van der Waals surface area contributed by atoms with E-state index in [1.54, 1.807) is 6.92 Å². The van der Waals surface area contributed by atoms with Crippen molar-refractivity contribution in [3.05, 3.63) is 12.2 Å². The lowest BCUT2D eigenvalue weighted by Gasteiger charge is -2.24. The third kappa shape index (κ3) is 3.43. The summed E-state index contributed by atoms with van der Waals surface area (Å²) in [5, 5.41) is 9.45. The van der Waals surface area contributed by atoms with Gasteiger partial charge in [-0.25, -0.2) is 0 Å². The van der Waals surface area contributed by atoms with Crippen molar-refractivity contribution in [2.45, 2.75) is 25.3 Å². The molecule has 0 amide bonds. The SMILES string of the molecule is C=C(C)CN[C@](O)(CC)S(=O)(=O)O. The first-order chi connectivity index (χ1) is 5.73. The Kier molecular flexibility index (Phi) is 4.05. The molecule has 78 valence electrons. The average molecular weight is 209 g/mol. The second-order valence-electron chi connectivity index (χ2n) is 2.92. The summed E-state index contributed by atoms with van der Waals surface area (Å²) in [5.74, 6) is 0. The van der Waals surface area contributed by atoms with Gasteiger partial charge in [0.05, 0.1) is 0 Å². The summed E-state index contributed by atoms with van der Waals surface area (Å²) in [6.45, 7) is 6.77. The van der Waals surface area contributed by atoms with Crippen LogP contribution in [0.2, 0.25) is 0 Å². The van der Waals surface area contributed by atoms with Gasteiger partial charge in [0, 0.05) is 13.0 Å². The fourth-order valence-corrected chi connectivity index (χ4v) is 1.31. The molecular weight excluding hydrogens is 194 g/mol. The molecule has 0 aromatic heterocycles. The van der Waals surface area contributed by atoms with E-state index in [4.69, 9.17) is 4.55 Å². The normalized spacial score (nSPS) is 16.6. The maximum Gasteiger partial charge on any atom is 0.309 e. The highest BCUT2D eigenvalue weighted by Gasteiger charge is 2.38. The number of hydrogen-bond acceptors (Lipinski definition) is 4. The third-order valence-electron chi connectivity index (χ3n) is 1.57. The van der Waals surface area contributed by atoms with Crippen molar-refractivity contribution < 1.29 is 18.1 Å². The molecule has 0 aliphatic heterocycles. The lowest BCUT2D eigenvalue weighted by molar-refractivity contribution is 0.0770. The van der Waals surface area contributed by atoms with Crippen molar-refractivity contribution in [1.29, 1.82) is 0 Å². The van der Waals surface area contributed by atoms with E-state index < -0.39 is 15.2 Å². The van der Waals surface area contributed by atoms with Crippen LogP contribution in [0.5, 0.6) is 0 Å². The minimum absolute atomic E-state index is 0.129. The van der Waals surface area contributed by atoms with Crippen LogP contribution in [0.15, 0.2) is 12.2 Å². The zero-order valence-corrected chi connectivity index (χ0v) is 8.56. The van der Waals surface area contributed by atoms with Gasteiger partial charge in [0.25, 0.3) is 0 Å². The van der Waals surface area contributed by atoms with E-state index in [9.17, 15) is 13.5 Å². The zero-order chi connectivity index (χ0) is 10.7. The molecule has 13 heavy (non-hydrogen) atoms. The highest BCUT2D eigenvalue weighted by atomic mass is 32.2. The van der Waals surface area contributed by atoms with Crippen LogP contribution in [-0.2, 0) is 10.1 Å². The Morgan fingerprint density at radius 1 is 1.62 bits per heavy atom. The highest BCUT2D eigenvalue weighted by molar-refractivity contribution is 7.87. The Balaban J connectivity index is 4.57. The van der Waals surface area contributed by atoms with E-state index in [1.807, 2.05) is 0 Å². The molecule has 0 heterocycles. The summed E-state index contributed by atoms with van der Waals surface area (Å²) in [6, 6.07) is 0. The maximum atomic E-state index is 10.7. The molecule has 0 saturated heterocycles. The van der Waals surface area contributed by atoms with Crippen LogP contribution in [-0.4, -0.2) is 29.7 Å². The number of rotatable bonds is 5. The molecule has 0 aliphatic carbocycles. The van der Waals surface area contributed by atoms with Gasteiger partial charge >= 0.3 is 10.1 Å². The van der Waals surface area contributed by atoms with Crippen LogP contribution in [0.1, 0.15) is 20.3 Å². The Morgan fingerprint density at radius 2 is 2.08 bits per heavy atom. The predicted octanol–water partition coefficient (Wildman–Crippen LogP) is 0.0960. The van der Waals surface area contributed by atoms with Gasteiger partial charge in [0.15, 0.2) is 0 Å². The van der Waals surface area contributed by atoms with Gasteiger partial charge < -0.3 is 5.11 Å². The van der Waals surface area contributed by atoms with Crippen molar-refractivity contribution in [2.24, 2.45) is 0 Å². The Morgan fingerprint density at radius 3 is 2.31 bits per heavy atom. The first-order valence-corrected chi connectivity index (χ1v) is 5.26. The van der Waals surface area contributed by atoms with Gasteiger partial charge in [-0.2, -0.15) is 8.42 Å². The second kappa shape index (κ2) is 4.19. The first-order valence-electron chi connectivity index (χ1n) is 3.81. The highest BCUT2D eigenvalue weighted by Crippen LogP contribution is 2.13. The van der Waals surface area contributed by atoms with Crippen molar-refractivity contribution in [3.8, 4) is 0 Å². The molecule has 0 aromatic carbocycles. The zero-order valence-electron chi connectivity index (χ0n) is 7.74. The minimum Gasteiger partial charge on any atom is -0.361 e. The van der Waals surface area contributed by atoms with E-state index in [0.29, 0.717) is 5.57 Å². The summed E-state index contributed by atoms with van der Waals surface area (Å²) in [6.07, 6.45) is -0.140. The molecular formula is C7H15NO4S. The lowest BCUT2D eigenvalue weighted by atomic mass is 10.3. The van der Waals surface area contributed by atoms with E-state index in [2.05, 4.69) is 11.9 Å². The Labute approximate surface area is 78.2 Å². The quantitative estimate of drug-likeness (QED) is 0.339. The summed E-state index contributed by atoms with van der Waals surface area (Å²) in [5.41, 5.74) is 0.663. The predicted molar refractivity (Wildman–Crippen MR) is 49.6 cm³/mol. The Hall–Kier alpha value is -0.430. The van der Waals surface area contributed by atoms with Crippen LogP contribution >= 0.6 is 0 Å². The molecule has 6 heteroatoms. The molecule has 3 N–H and O–H groups in total. The summed E-state index contributed by atoms with van der Waals surface area (Å²) >= 11 is 0. The maximum absolute atomic E-state index is 10.7. The molecule has 0 radical (unpaired) electrons. The molecule has 1 atom stereocenters. The molecule has 0 bridgehead atoms. The first kappa shape index (κ1) is 12.6. The fraction of sp³-hybridized carbons (Fsp3) is 0.714. The molecule has 0 spiro atoms. The standard InChI is InChI=1S/C7H15NO4S/c1-4-7(9,13(10,11)12)8-5-6(2)3/h8-9H,2,4-5H2,1,3H3,(H,10,11,12)/t7-/m0/s1. The van der Waals surface area contributed by atoms with Crippen molar-refractivity contribution in [3.63, 3.8) is 0 Å². The summed E-state index contributed by atoms with van der Waals surface area (Å²) in [7, 11) is -4.51. The molecule has 0 unspecified atom stereocenters. The second-order valence-corrected chi connectivity index (χ2v) is 4.55. The minimum atomic E-state index is -4.51. The average Bonchev–Trinajstić information content (AvgIpc) is 1.98. The van der Waals surface area contributed by atoms with Gasteiger partial charge in [-0.1, -0.05) is 19.1 Å². The topological polar surface area (TPSA) is 86.6 Å². The third-order valence-corrected chi connectivity index (χ3v) is 2.86. The monoisotopic (exact) mass is 209 g/mol. The largest absolute Gasteiger partial charge is 0.361 e. The number of hydrogen-bond donors (Lipinski definition) is 3. The molecule has 0 aliphatic rings. The van der Waals surface area contributed by atoms with Crippen LogP contribution in [0.4, 0.5) is 0 Å². The molecule has 5 nitrogen and oxygen atoms in total. The Bertz CT molecular complexity index is 285. The molecule has 0 aromatic rings. The van der Waals surface area contributed by atoms with Crippen molar-refractivity contribution in [2.75, 3.05) is 6.54 Å². The van der Waals surface area contributed by atoms with Gasteiger partial charge in [0.1, 0.15) is 0 Å². The van der Waals surface area contributed by atoms with E-state index in [0.717, 1.165) is 0 Å². The molecule has 0 saturated carbocycles. The van der Waals surface area contributed by atoms with Crippen LogP contribution < -0.4 is 5.32 Å². The van der Waals surface area contributed by atoms with Crippen LogP contribution in [0.3, 0.4) is 0 Å². The molecule has 0 rings (SSSR count). The van der Waals surface area contributed by atoms with E-state index in [-0.39, 0.29) is 13.0 Å². The summed E-state index contributed by atoms with van der Waals surface area (Å²) in [4.78, 5) is 0. The smallest absolute Gasteiger partial charge is 0.309 e. The number of nitrogens with one attached hydrogen (secondary N) is 1. The van der Waals surface area contributed by atoms with Gasteiger partial charge in [-0.05, 0) is 6.92 Å². The van der Waals surface area contributed by atoms with E-state index in [1.165, 1.54) is 6.92 Å². The van der Waals surface area contributed by atoms with Gasteiger partial charge in [-0.15, -0.1) is 0 Å². The van der Waals surface area contributed by atoms with Crippen LogP contribution in [0.25, 0.3) is 0 Å². The van der Waals surface area contributed by atoms with Crippen molar-refractivity contribution >= 4 is 10.1 Å². The van der Waals surface area contributed by atoms with Gasteiger partial charge in [0.2, 0.25) is 5.06 Å². The van der Waals surface area contributed by atoms with Gasteiger partial charge in [-0.3, -0.25) is 9.87 Å². The lowest BCUT2D eigenvalue weighted by Crippen LogP contribution is -2.51.